The fraction of sp³-hybridized carbons (Fsp3) is 0.667. The third-order valence-corrected chi connectivity index (χ3v) is 4.88. The smallest absolute Gasteiger partial charge is 0.232 e. The molecular formula is C21H33F2NOTi. The van der Waals surface area contributed by atoms with Gasteiger partial charge in [-0.3, -0.25) is 4.79 Å². The third-order valence-electron chi connectivity index (χ3n) is 4.88. The maximum Gasteiger partial charge on any atom is 0.232 e. The van der Waals surface area contributed by atoms with Crippen molar-refractivity contribution in [3.63, 3.8) is 0 Å². The fourth-order valence-electron chi connectivity index (χ4n) is 3.26. The van der Waals surface area contributed by atoms with Crippen LogP contribution in [-0.4, -0.2) is 12.5 Å². The van der Waals surface area contributed by atoms with Crippen LogP contribution in [0.3, 0.4) is 0 Å². The van der Waals surface area contributed by atoms with Gasteiger partial charge < -0.3 is 4.90 Å². The zero-order valence-corrected chi connectivity index (χ0v) is 18.4. The maximum atomic E-state index is 14.4. The van der Waals surface area contributed by atoms with Gasteiger partial charge in [-0.2, -0.15) is 0 Å². The zero-order chi connectivity index (χ0) is 19.0. The Morgan fingerprint density at radius 1 is 1.15 bits per heavy atom. The van der Waals surface area contributed by atoms with Gasteiger partial charge in [0, 0.05) is 39.7 Å². The van der Waals surface area contributed by atoms with Crippen LogP contribution in [0.15, 0.2) is 18.2 Å². The Morgan fingerprint density at radius 3 is 2.31 bits per heavy atom. The van der Waals surface area contributed by atoms with Gasteiger partial charge in [0.05, 0.1) is 5.69 Å². The minimum absolute atomic E-state index is 0. The van der Waals surface area contributed by atoms with Crippen LogP contribution in [0.5, 0.6) is 0 Å². The average Bonchev–Trinajstić information content (AvgIpc) is 2.55. The number of halogens is 2. The van der Waals surface area contributed by atoms with E-state index < -0.39 is 17.0 Å². The number of rotatable bonds is 10. The summed E-state index contributed by atoms with van der Waals surface area (Å²) in [4.78, 5) is 14.7. The molecule has 1 unspecified atom stereocenters. The molecule has 0 bridgehead atoms. The van der Waals surface area contributed by atoms with Crippen molar-refractivity contribution in [2.75, 3.05) is 11.4 Å². The predicted octanol–water partition coefficient (Wildman–Crippen LogP) is 6.34. The van der Waals surface area contributed by atoms with Crippen molar-refractivity contribution >= 4 is 11.6 Å². The number of benzene rings is 1. The summed E-state index contributed by atoms with van der Waals surface area (Å²) in [6.45, 7) is 10.6. The van der Waals surface area contributed by atoms with Gasteiger partial charge in [-0.25, -0.2) is 8.78 Å². The average molecular weight is 401 g/mol. The van der Waals surface area contributed by atoms with Crippen molar-refractivity contribution < 1.29 is 35.3 Å². The Hall–Kier alpha value is -0.736. The third kappa shape index (κ3) is 7.11. The normalized spacial score (nSPS) is 12.4. The van der Waals surface area contributed by atoms with Gasteiger partial charge in [0.2, 0.25) is 5.91 Å². The first-order valence-electron chi connectivity index (χ1n) is 9.53. The molecule has 1 amide bonds. The molecule has 0 saturated carbocycles. The number of hydrogen-bond donors (Lipinski definition) is 0. The van der Waals surface area contributed by atoms with E-state index in [0.29, 0.717) is 12.5 Å². The van der Waals surface area contributed by atoms with Crippen molar-refractivity contribution in [1.82, 2.24) is 0 Å². The molecule has 0 saturated heterocycles. The number of carbonyl (C=O) groups is 1. The Morgan fingerprint density at radius 2 is 1.81 bits per heavy atom. The number of hydrogen-bond acceptors (Lipinski definition) is 1. The molecule has 146 valence electrons. The molecular weight excluding hydrogens is 368 g/mol. The monoisotopic (exact) mass is 401 g/mol. The molecule has 1 aromatic carbocycles. The van der Waals surface area contributed by atoms with E-state index in [2.05, 4.69) is 13.8 Å². The summed E-state index contributed by atoms with van der Waals surface area (Å²) in [5.74, 6) is -1.08. The quantitative estimate of drug-likeness (QED) is 0.419. The van der Waals surface area contributed by atoms with E-state index in [1.54, 1.807) is 4.90 Å². The second-order valence-electron chi connectivity index (χ2n) is 7.56. The number of anilines is 1. The molecule has 0 radical (unpaired) electrons. The van der Waals surface area contributed by atoms with E-state index >= 15 is 0 Å². The van der Waals surface area contributed by atoms with E-state index in [9.17, 15) is 13.6 Å². The van der Waals surface area contributed by atoms with Crippen LogP contribution in [-0.2, 0) is 26.5 Å². The molecule has 5 heteroatoms. The molecule has 1 atom stereocenters. The topological polar surface area (TPSA) is 20.3 Å². The van der Waals surface area contributed by atoms with Gasteiger partial charge in [-0.05, 0) is 30.9 Å². The minimum Gasteiger partial charge on any atom is -0.309 e. The van der Waals surface area contributed by atoms with Crippen LogP contribution in [0.25, 0.3) is 0 Å². The Kier molecular flexibility index (Phi) is 11.5. The Bertz CT molecular complexity index is 563. The first kappa shape index (κ1) is 25.3. The molecule has 2 nitrogen and oxygen atoms in total. The fourth-order valence-corrected chi connectivity index (χ4v) is 3.26. The maximum absolute atomic E-state index is 14.4. The molecule has 0 fully saturated rings. The minimum atomic E-state index is -0.675. The van der Waals surface area contributed by atoms with Crippen molar-refractivity contribution in [3.05, 3.63) is 29.8 Å². The molecule has 0 aromatic heterocycles. The summed E-state index contributed by atoms with van der Waals surface area (Å²) in [6, 6.07) is 3.46. The van der Waals surface area contributed by atoms with Crippen LogP contribution in [0.4, 0.5) is 14.5 Å². The van der Waals surface area contributed by atoms with Crippen molar-refractivity contribution in [2.45, 2.75) is 73.1 Å². The molecule has 0 N–H and O–H groups in total. The second kappa shape index (κ2) is 11.9. The van der Waals surface area contributed by atoms with Crippen LogP contribution < -0.4 is 4.90 Å². The van der Waals surface area contributed by atoms with E-state index in [0.717, 1.165) is 44.6 Å². The van der Waals surface area contributed by atoms with Crippen LogP contribution in [0.1, 0.15) is 73.1 Å². The molecule has 1 aromatic rings. The van der Waals surface area contributed by atoms with Gasteiger partial charge in [0.15, 0.2) is 0 Å². The first-order chi connectivity index (χ1) is 11.8. The summed E-state index contributed by atoms with van der Waals surface area (Å²) < 4.78 is 27.7. The summed E-state index contributed by atoms with van der Waals surface area (Å²) in [7, 11) is 0. The van der Waals surface area contributed by atoms with Gasteiger partial charge in [0.1, 0.15) is 11.6 Å². The molecule has 0 heterocycles. The summed E-state index contributed by atoms with van der Waals surface area (Å²) in [5.41, 5.74) is -0.385. The van der Waals surface area contributed by atoms with Crippen LogP contribution >= 0.6 is 0 Å². The first-order valence-corrected chi connectivity index (χ1v) is 9.53. The van der Waals surface area contributed by atoms with Crippen LogP contribution in [0.2, 0.25) is 0 Å². The molecule has 0 aliphatic rings. The number of amides is 1. The zero-order valence-electron chi connectivity index (χ0n) is 16.9. The standard InChI is InChI=1S/C21H33F2NO.Ti/c1-6-9-10-16(8-3)15-24(20(25)21(4,5)13-7-2)19-12-11-17(22)14-18(19)23;/h11-12,14,16H,6-10,13,15H2,1-5H3;. The number of carbonyl (C=O) groups excluding carboxylic acids is 1. The Balaban J connectivity index is 0.00000625. The molecule has 0 aliphatic carbocycles. The number of unbranched alkanes of at least 4 members (excludes halogenated alkanes) is 1. The summed E-state index contributed by atoms with van der Waals surface area (Å²) in [5, 5.41) is 0. The van der Waals surface area contributed by atoms with Crippen molar-refractivity contribution in [1.29, 1.82) is 0 Å². The van der Waals surface area contributed by atoms with E-state index in [4.69, 9.17) is 0 Å². The summed E-state index contributed by atoms with van der Waals surface area (Å²) in [6.07, 6.45) is 5.73. The summed E-state index contributed by atoms with van der Waals surface area (Å²) >= 11 is 0. The molecule has 1 rings (SSSR count). The van der Waals surface area contributed by atoms with Gasteiger partial charge in [0.25, 0.3) is 0 Å². The van der Waals surface area contributed by atoms with Crippen molar-refractivity contribution in [3.8, 4) is 0 Å². The van der Waals surface area contributed by atoms with Gasteiger partial charge in [-0.1, -0.05) is 60.3 Å². The van der Waals surface area contributed by atoms with E-state index in [1.807, 2.05) is 20.8 Å². The van der Waals surface area contributed by atoms with E-state index in [1.165, 1.54) is 12.1 Å². The van der Waals surface area contributed by atoms with E-state index in [-0.39, 0.29) is 33.3 Å². The second-order valence-corrected chi connectivity index (χ2v) is 7.56. The SMILES string of the molecule is CCCCC(CC)CN(C(=O)C(C)(C)CCC)c1ccc(F)cc1F.[Ti]. The Labute approximate surface area is 172 Å². The molecule has 0 aliphatic heterocycles. The number of nitrogens with zero attached hydrogens (tertiary/aromatic N) is 1. The molecule has 0 spiro atoms. The largest absolute Gasteiger partial charge is 0.309 e. The van der Waals surface area contributed by atoms with Gasteiger partial charge in [-0.15, -0.1) is 0 Å². The predicted molar refractivity (Wildman–Crippen MR) is 101 cm³/mol. The van der Waals surface area contributed by atoms with Gasteiger partial charge >= 0.3 is 0 Å². The van der Waals surface area contributed by atoms with Crippen molar-refractivity contribution in [2.24, 2.45) is 11.3 Å². The van der Waals surface area contributed by atoms with Crippen LogP contribution in [0, 0.1) is 23.0 Å². The molecule has 26 heavy (non-hydrogen) atoms.